The Kier molecular flexibility index (Phi) is 4.56. The molecule has 0 saturated carbocycles. The molecule has 0 radical (unpaired) electrons. The van der Waals surface area contributed by atoms with Crippen molar-refractivity contribution in [3.05, 3.63) is 17.7 Å². The molecule has 5 heteroatoms. The number of aromatic nitrogens is 2. The summed E-state index contributed by atoms with van der Waals surface area (Å²) < 4.78 is 2.12. The fraction of sp³-hybridized carbons (Fsp3) is 0.643. The van der Waals surface area contributed by atoms with Gasteiger partial charge in [-0.2, -0.15) is 5.26 Å². The number of hydrogen-bond donors (Lipinski definition) is 0. The number of nitriles is 1. The Morgan fingerprint density at radius 3 is 3.11 bits per heavy atom. The maximum atomic E-state index is 11.9. The predicted molar refractivity (Wildman–Crippen MR) is 71.4 cm³/mol. The van der Waals surface area contributed by atoms with Crippen LogP contribution in [0.2, 0.25) is 0 Å². The van der Waals surface area contributed by atoms with Crippen molar-refractivity contribution in [2.75, 3.05) is 13.6 Å². The summed E-state index contributed by atoms with van der Waals surface area (Å²) in [7, 11) is 1.75. The van der Waals surface area contributed by atoms with Gasteiger partial charge in [-0.15, -0.1) is 0 Å². The lowest BCUT2D eigenvalue weighted by Gasteiger charge is -2.17. The maximum Gasteiger partial charge on any atom is 0.224 e. The zero-order valence-corrected chi connectivity index (χ0v) is 11.4. The lowest BCUT2D eigenvalue weighted by atomic mass is 10.0. The monoisotopic (exact) mass is 260 g/mol. The van der Waals surface area contributed by atoms with Crippen LogP contribution in [0.25, 0.3) is 0 Å². The Bertz CT molecular complexity index is 486. The van der Waals surface area contributed by atoms with Crippen LogP contribution in [0.1, 0.15) is 37.1 Å². The number of amides is 1. The van der Waals surface area contributed by atoms with Crippen molar-refractivity contribution in [2.24, 2.45) is 0 Å². The molecular weight excluding hydrogens is 240 g/mol. The highest BCUT2D eigenvalue weighted by Gasteiger charge is 2.16. The van der Waals surface area contributed by atoms with Crippen LogP contribution in [0, 0.1) is 11.3 Å². The van der Waals surface area contributed by atoms with Crippen LogP contribution < -0.4 is 0 Å². The zero-order chi connectivity index (χ0) is 13.7. The van der Waals surface area contributed by atoms with Gasteiger partial charge in [-0.3, -0.25) is 4.79 Å². The molecular formula is C14H20N4O. The van der Waals surface area contributed by atoms with E-state index >= 15 is 0 Å². The average Bonchev–Trinajstić information content (AvgIpc) is 2.85. The van der Waals surface area contributed by atoms with Gasteiger partial charge in [0.15, 0.2) is 0 Å². The van der Waals surface area contributed by atoms with Crippen molar-refractivity contribution in [2.45, 2.75) is 45.1 Å². The molecule has 0 aromatic carbocycles. The maximum absolute atomic E-state index is 11.9. The fourth-order valence-corrected chi connectivity index (χ4v) is 2.47. The molecule has 1 aromatic rings. The van der Waals surface area contributed by atoms with Crippen LogP contribution in [0.15, 0.2) is 6.33 Å². The molecule has 1 aromatic heterocycles. The third kappa shape index (κ3) is 3.34. The van der Waals surface area contributed by atoms with Crippen LogP contribution in [-0.4, -0.2) is 34.0 Å². The van der Waals surface area contributed by atoms with E-state index in [0.717, 1.165) is 12.8 Å². The van der Waals surface area contributed by atoms with E-state index in [1.54, 1.807) is 11.9 Å². The largest absolute Gasteiger partial charge is 0.345 e. The molecule has 1 aliphatic rings. The molecule has 0 fully saturated rings. The number of carbonyl (C=O) groups is 1. The summed E-state index contributed by atoms with van der Waals surface area (Å²) in [5.41, 5.74) is 2.51. The minimum Gasteiger partial charge on any atom is -0.345 e. The third-order valence-electron chi connectivity index (χ3n) is 3.66. The summed E-state index contributed by atoms with van der Waals surface area (Å²) in [5.74, 6) is 0.0912. The third-order valence-corrected chi connectivity index (χ3v) is 3.66. The lowest BCUT2D eigenvalue weighted by molar-refractivity contribution is -0.130. The topological polar surface area (TPSA) is 61.9 Å². The Labute approximate surface area is 113 Å². The summed E-state index contributed by atoms with van der Waals surface area (Å²) in [6.07, 6.45) is 7.31. The van der Waals surface area contributed by atoms with Crippen LogP contribution in [0.4, 0.5) is 0 Å². The number of fused-ring (bicyclic) bond motifs is 1. The summed E-state index contributed by atoms with van der Waals surface area (Å²) >= 11 is 0. The van der Waals surface area contributed by atoms with Gasteiger partial charge in [0.05, 0.1) is 24.5 Å². The molecule has 0 saturated heterocycles. The highest BCUT2D eigenvalue weighted by atomic mass is 16.2. The quantitative estimate of drug-likeness (QED) is 0.806. The van der Waals surface area contributed by atoms with Gasteiger partial charge in [-0.1, -0.05) is 0 Å². The molecule has 1 heterocycles. The minimum absolute atomic E-state index is 0.0912. The molecule has 0 bridgehead atoms. The number of imidazole rings is 1. The second-order valence-corrected chi connectivity index (χ2v) is 5.01. The first-order valence-electron chi connectivity index (χ1n) is 6.86. The van der Waals surface area contributed by atoms with Gasteiger partial charge in [0, 0.05) is 32.3 Å². The van der Waals surface area contributed by atoms with Crippen LogP contribution in [-0.2, 0) is 24.2 Å². The van der Waals surface area contributed by atoms with Crippen molar-refractivity contribution in [3.8, 4) is 6.07 Å². The summed E-state index contributed by atoms with van der Waals surface area (Å²) in [5, 5.41) is 8.51. The van der Waals surface area contributed by atoms with Crippen LogP contribution >= 0.6 is 0 Å². The number of hydrogen-bond acceptors (Lipinski definition) is 3. The van der Waals surface area contributed by atoms with E-state index in [1.165, 1.54) is 24.2 Å². The van der Waals surface area contributed by atoms with Crippen molar-refractivity contribution < 1.29 is 4.79 Å². The molecule has 2 rings (SSSR count). The lowest BCUT2D eigenvalue weighted by Crippen LogP contribution is -2.28. The highest BCUT2D eigenvalue weighted by Crippen LogP contribution is 2.20. The van der Waals surface area contributed by atoms with Crippen molar-refractivity contribution in [1.82, 2.24) is 14.5 Å². The Morgan fingerprint density at radius 1 is 1.53 bits per heavy atom. The number of carbonyl (C=O) groups excluding carboxylic acids is 1. The molecule has 0 unspecified atom stereocenters. The Hall–Kier alpha value is -1.83. The fourth-order valence-electron chi connectivity index (χ4n) is 2.47. The molecule has 102 valence electrons. The summed E-state index contributed by atoms with van der Waals surface area (Å²) in [6, 6.07) is 2.05. The number of rotatable bonds is 5. The van der Waals surface area contributed by atoms with Crippen molar-refractivity contribution in [1.29, 1.82) is 5.26 Å². The standard InChI is InChI=1S/C14H20N4O/c1-17(9-4-8-15)14(19)7-10-18-11-16-12-5-2-3-6-13(12)18/h11H,2-7,9-10H2,1H3. The van der Waals surface area contributed by atoms with E-state index in [2.05, 4.69) is 15.6 Å². The second kappa shape index (κ2) is 6.37. The van der Waals surface area contributed by atoms with Gasteiger partial charge in [0.2, 0.25) is 5.91 Å². The van der Waals surface area contributed by atoms with Crippen molar-refractivity contribution >= 4 is 5.91 Å². The zero-order valence-electron chi connectivity index (χ0n) is 11.4. The predicted octanol–water partition coefficient (Wildman–Crippen LogP) is 1.52. The molecule has 0 atom stereocenters. The number of aryl methyl sites for hydroxylation is 2. The number of nitrogens with zero attached hydrogens (tertiary/aromatic N) is 4. The molecule has 1 aliphatic carbocycles. The van der Waals surface area contributed by atoms with E-state index < -0.39 is 0 Å². The summed E-state index contributed by atoms with van der Waals surface area (Å²) in [6.45, 7) is 1.20. The molecule has 0 aliphatic heterocycles. The normalized spacial score (nSPS) is 13.7. The molecule has 19 heavy (non-hydrogen) atoms. The molecule has 0 spiro atoms. The second-order valence-electron chi connectivity index (χ2n) is 5.01. The average molecular weight is 260 g/mol. The van der Waals surface area contributed by atoms with E-state index in [1.807, 2.05) is 6.33 Å². The van der Waals surface area contributed by atoms with Gasteiger partial charge in [0.1, 0.15) is 0 Å². The van der Waals surface area contributed by atoms with Gasteiger partial charge in [-0.25, -0.2) is 4.98 Å². The van der Waals surface area contributed by atoms with Crippen LogP contribution in [0.5, 0.6) is 0 Å². The SMILES string of the molecule is CN(CCC#N)C(=O)CCn1cnc2c1CCCC2. The Balaban J connectivity index is 1.87. The highest BCUT2D eigenvalue weighted by molar-refractivity contribution is 5.75. The van der Waals surface area contributed by atoms with E-state index in [0.29, 0.717) is 25.9 Å². The Morgan fingerprint density at radius 2 is 2.32 bits per heavy atom. The first-order valence-corrected chi connectivity index (χ1v) is 6.86. The van der Waals surface area contributed by atoms with Crippen molar-refractivity contribution in [3.63, 3.8) is 0 Å². The van der Waals surface area contributed by atoms with Crippen LogP contribution in [0.3, 0.4) is 0 Å². The molecule has 5 nitrogen and oxygen atoms in total. The van der Waals surface area contributed by atoms with E-state index in [4.69, 9.17) is 5.26 Å². The van der Waals surface area contributed by atoms with Gasteiger partial charge >= 0.3 is 0 Å². The van der Waals surface area contributed by atoms with Gasteiger partial charge < -0.3 is 9.47 Å². The smallest absolute Gasteiger partial charge is 0.224 e. The molecule has 0 N–H and O–H groups in total. The first-order chi connectivity index (χ1) is 9.22. The molecule has 1 amide bonds. The van der Waals surface area contributed by atoms with Gasteiger partial charge in [-0.05, 0) is 25.7 Å². The van der Waals surface area contributed by atoms with E-state index in [-0.39, 0.29) is 5.91 Å². The first kappa shape index (κ1) is 13.6. The summed E-state index contributed by atoms with van der Waals surface area (Å²) in [4.78, 5) is 18.0. The minimum atomic E-state index is 0.0912. The van der Waals surface area contributed by atoms with E-state index in [9.17, 15) is 4.79 Å². The van der Waals surface area contributed by atoms with Gasteiger partial charge in [0.25, 0.3) is 0 Å².